The SMILES string of the molecule is CCC(=O)N1CCC(NC(=O)C(C)(N)c2ccc(Br)cc2)C1. The van der Waals surface area contributed by atoms with E-state index >= 15 is 0 Å². The number of halogens is 1. The molecule has 1 heterocycles. The number of hydrogen-bond donors (Lipinski definition) is 2. The lowest BCUT2D eigenvalue weighted by Gasteiger charge is -2.26. The van der Waals surface area contributed by atoms with Crippen molar-refractivity contribution < 1.29 is 9.59 Å². The topological polar surface area (TPSA) is 75.4 Å². The van der Waals surface area contributed by atoms with Gasteiger partial charge in [0.2, 0.25) is 11.8 Å². The normalized spacial score (nSPS) is 20.5. The van der Waals surface area contributed by atoms with Crippen LogP contribution in [0.4, 0.5) is 0 Å². The zero-order chi connectivity index (χ0) is 16.3. The van der Waals surface area contributed by atoms with E-state index in [9.17, 15) is 9.59 Å². The molecule has 0 saturated carbocycles. The molecule has 6 heteroatoms. The first kappa shape index (κ1) is 17.0. The van der Waals surface area contributed by atoms with Crippen LogP contribution in [-0.4, -0.2) is 35.8 Å². The van der Waals surface area contributed by atoms with Crippen LogP contribution >= 0.6 is 15.9 Å². The van der Waals surface area contributed by atoms with Crippen molar-refractivity contribution in [3.05, 3.63) is 34.3 Å². The fraction of sp³-hybridized carbons (Fsp3) is 0.500. The first-order chi connectivity index (χ1) is 10.3. The zero-order valence-corrected chi connectivity index (χ0v) is 14.5. The van der Waals surface area contributed by atoms with Gasteiger partial charge in [0, 0.05) is 30.0 Å². The third-order valence-electron chi connectivity index (χ3n) is 4.09. The van der Waals surface area contributed by atoms with Crippen LogP contribution in [0.15, 0.2) is 28.7 Å². The molecular formula is C16H22BrN3O2. The molecule has 0 bridgehead atoms. The summed E-state index contributed by atoms with van der Waals surface area (Å²) in [6.45, 7) is 4.81. The molecule has 3 N–H and O–H groups in total. The first-order valence-corrected chi connectivity index (χ1v) is 8.27. The summed E-state index contributed by atoms with van der Waals surface area (Å²) in [6.07, 6.45) is 1.27. The van der Waals surface area contributed by atoms with Gasteiger partial charge in [-0.15, -0.1) is 0 Å². The van der Waals surface area contributed by atoms with Crippen molar-refractivity contribution in [2.45, 2.75) is 38.3 Å². The second-order valence-corrected chi connectivity index (χ2v) is 6.78. The van der Waals surface area contributed by atoms with Crippen LogP contribution < -0.4 is 11.1 Å². The molecule has 1 aliphatic heterocycles. The predicted octanol–water partition coefficient (Wildman–Crippen LogP) is 1.75. The van der Waals surface area contributed by atoms with Gasteiger partial charge in [0.15, 0.2) is 0 Å². The van der Waals surface area contributed by atoms with Gasteiger partial charge in [0.25, 0.3) is 0 Å². The Bertz CT molecular complexity index is 557. The molecule has 5 nitrogen and oxygen atoms in total. The Morgan fingerprint density at radius 1 is 1.41 bits per heavy atom. The third kappa shape index (κ3) is 3.67. The highest BCUT2D eigenvalue weighted by Crippen LogP contribution is 2.21. The molecule has 1 saturated heterocycles. The minimum Gasteiger partial charge on any atom is -0.350 e. The van der Waals surface area contributed by atoms with E-state index in [4.69, 9.17) is 5.73 Å². The van der Waals surface area contributed by atoms with E-state index in [1.165, 1.54) is 0 Å². The van der Waals surface area contributed by atoms with Crippen LogP contribution in [-0.2, 0) is 15.1 Å². The Balaban J connectivity index is 2.00. The molecule has 0 aliphatic carbocycles. The maximum absolute atomic E-state index is 12.5. The van der Waals surface area contributed by atoms with Crippen LogP contribution in [0.5, 0.6) is 0 Å². The summed E-state index contributed by atoms with van der Waals surface area (Å²) >= 11 is 3.37. The van der Waals surface area contributed by atoms with Crippen molar-refractivity contribution in [2.24, 2.45) is 5.73 Å². The summed E-state index contributed by atoms with van der Waals surface area (Å²) in [6, 6.07) is 7.38. The standard InChI is InChI=1S/C16H22BrN3O2/c1-3-14(21)20-9-8-13(10-20)19-15(22)16(2,18)11-4-6-12(17)7-5-11/h4-7,13H,3,8-10,18H2,1-2H3,(H,19,22). The largest absolute Gasteiger partial charge is 0.350 e. The van der Waals surface area contributed by atoms with E-state index in [-0.39, 0.29) is 17.9 Å². The molecule has 0 radical (unpaired) electrons. The average Bonchev–Trinajstić information content (AvgIpc) is 2.95. The summed E-state index contributed by atoms with van der Waals surface area (Å²) in [4.78, 5) is 26.0. The van der Waals surface area contributed by atoms with Gasteiger partial charge >= 0.3 is 0 Å². The summed E-state index contributed by atoms with van der Waals surface area (Å²) in [5.41, 5.74) is 5.89. The highest BCUT2D eigenvalue weighted by Gasteiger charge is 2.34. The number of rotatable bonds is 4. The molecular weight excluding hydrogens is 346 g/mol. The van der Waals surface area contributed by atoms with E-state index < -0.39 is 5.54 Å². The minimum atomic E-state index is -1.09. The number of hydrogen-bond acceptors (Lipinski definition) is 3. The van der Waals surface area contributed by atoms with Gasteiger partial charge in [-0.2, -0.15) is 0 Å². The van der Waals surface area contributed by atoms with Crippen LogP contribution in [0.3, 0.4) is 0 Å². The number of carbonyl (C=O) groups excluding carboxylic acids is 2. The van der Waals surface area contributed by atoms with E-state index in [0.717, 1.165) is 16.5 Å². The van der Waals surface area contributed by atoms with Crippen LogP contribution in [0.25, 0.3) is 0 Å². The molecule has 0 spiro atoms. The molecule has 120 valence electrons. The van der Waals surface area contributed by atoms with Crippen molar-refractivity contribution in [3.8, 4) is 0 Å². The Labute approximate surface area is 139 Å². The zero-order valence-electron chi connectivity index (χ0n) is 12.9. The fourth-order valence-electron chi connectivity index (χ4n) is 2.59. The highest BCUT2D eigenvalue weighted by atomic mass is 79.9. The summed E-state index contributed by atoms with van der Waals surface area (Å²) in [5.74, 6) is -0.0919. The van der Waals surface area contributed by atoms with Crippen LogP contribution in [0, 0.1) is 0 Å². The quantitative estimate of drug-likeness (QED) is 0.850. The van der Waals surface area contributed by atoms with Gasteiger partial charge in [-0.3, -0.25) is 9.59 Å². The number of carbonyl (C=O) groups is 2. The number of likely N-dealkylation sites (tertiary alicyclic amines) is 1. The number of nitrogens with two attached hydrogens (primary N) is 1. The first-order valence-electron chi connectivity index (χ1n) is 7.48. The Morgan fingerprint density at radius 3 is 2.64 bits per heavy atom. The molecule has 1 aromatic carbocycles. The lowest BCUT2D eigenvalue weighted by atomic mass is 9.92. The third-order valence-corrected chi connectivity index (χ3v) is 4.62. The summed E-state index contributed by atoms with van der Waals surface area (Å²) < 4.78 is 0.942. The average molecular weight is 368 g/mol. The van der Waals surface area contributed by atoms with Crippen molar-refractivity contribution in [3.63, 3.8) is 0 Å². The second-order valence-electron chi connectivity index (χ2n) is 5.86. The lowest BCUT2D eigenvalue weighted by molar-refractivity contribution is -0.130. The molecule has 1 fully saturated rings. The number of nitrogens with one attached hydrogen (secondary N) is 1. The van der Waals surface area contributed by atoms with E-state index in [1.807, 2.05) is 31.2 Å². The van der Waals surface area contributed by atoms with E-state index in [0.29, 0.717) is 19.5 Å². The summed E-state index contributed by atoms with van der Waals surface area (Å²) in [5, 5.41) is 2.97. The molecule has 2 rings (SSSR count). The minimum absolute atomic E-state index is 0.0266. The van der Waals surface area contributed by atoms with Gasteiger partial charge in [-0.25, -0.2) is 0 Å². The highest BCUT2D eigenvalue weighted by molar-refractivity contribution is 9.10. The van der Waals surface area contributed by atoms with Crippen molar-refractivity contribution in [1.82, 2.24) is 10.2 Å². The monoisotopic (exact) mass is 367 g/mol. The fourth-order valence-corrected chi connectivity index (χ4v) is 2.86. The number of amides is 2. The maximum atomic E-state index is 12.5. The molecule has 1 aromatic rings. The van der Waals surface area contributed by atoms with Gasteiger partial charge < -0.3 is 16.0 Å². The van der Waals surface area contributed by atoms with Crippen molar-refractivity contribution in [2.75, 3.05) is 13.1 Å². The molecule has 0 aromatic heterocycles. The van der Waals surface area contributed by atoms with Gasteiger partial charge in [-0.1, -0.05) is 35.0 Å². The van der Waals surface area contributed by atoms with Gasteiger partial charge in [-0.05, 0) is 31.0 Å². The maximum Gasteiger partial charge on any atom is 0.244 e. The van der Waals surface area contributed by atoms with Crippen LogP contribution in [0.2, 0.25) is 0 Å². The Kier molecular flexibility index (Phi) is 5.24. The lowest BCUT2D eigenvalue weighted by Crippen LogP contribution is -2.52. The molecule has 2 amide bonds. The Hall–Kier alpha value is -1.40. The molecule has 2 unspecified atom stereocenters. The van der Waals surface area contributed by atoms with Crippen LogP contribution in [0.1, 0.15) is 32.3 Å². The second kappa shape index (κ2) is 6.79. The molecule has 22 heavy (non-hydrogen) atoms. The van der Waals surface area contributed by atoms with E-state index in [2.05, 4.69) is 21.2 Å². The summed E-state index contributed by atoms with van der Waals surface area (Å²) in [7, 11) is 0. The predicted molar refractivity (Wildman–Crippen MR) is 89.1 cm³/mol. The van der Waals surface area contributed by atoms with Gasteiger partial charge in [0.05, 0.1) is 0 Å². The van der Waals surface area contributed by atoms with Crippen molar-refractivity contribution >= 4 is 27.7 Å². The smallest absolute Gasteiger partial charge is 0.244 e. The van der Waals surface area contributed by atoms with Crippen molar-refractivity contribution in [1.29, 1.82) is 0 Å². The molecule has 2 atom stereocenters. The Morgan fingerprint density at radius 2 is 2.05 bits per heavy atom. The number of nitrogens with zero attached hydrogens (tertiary/aromatic N) is 1. The molecule has 1 aliphatic rings. The van der Waals surface area contributed by atoms with E-state index in [1.54, 1.807) is 11.8 Å². The number of benzene rings is 1. The van der Waals surface area contributed by atoms with Gasteiger partial charge in [0.1, 0.15) is 5.54 Å².